The van der Waals surface area contributed by atoms with Crippen LogP contribution in [0.15, 0.2) is 72.9 Å². The zero-order valence-electron chi connectivity index (χ0n) is 18.9. The minimum Gasteiger partial charge on any atom is -0.484 e. The minimum absolute atomic E-state index is 0.181. The summed E-state index contributed by atoms with van der Waals surface area (Å²) < 4.78 is 44.2. The number of halogens is 3. The lowest BCUT2D eigenvalue weighted by molar-refractivity contribution is -0.153. The second kappa shape index (κ2) is 9.13. The molecular formula is C28H24F3NO3. The molecule has 5 rings (SSSR count). The number of fused-ring (bicyclic) bond motifs is 1. The van der Waals surface area contributed by atoms with Crippen LogP contribution < -0.4 is 4.74 Å². The lowest BCUT2D eigenvalue weighted by atomic mass is 9.96. The van der Waals surface area contributed by atoms with E-state index in [0.29, 0.717) is 24.4 Å². The molecule has 4 nitrogen and oxygen atoms in total. The molecule has 1 aliphatic rings. The number of carboxylic acid groups (broad SMARTS) is 1. The van der Waals surface area contributed by atoms with Crippen LogP contribution in [0.3, 0.4) is 0 Å². The summed E-state index contributed by atoms with van der Waals surface area (Å²) in [5.41, 5.74) is 5.08. The Morgan fingerprint density at radius 2 is 1.83 bits per heavy atom. The molecule has 3 aromatic carbocycles. The first-order valence-corrected chi connectivity index (χ1v) is 11.5. The van der Waals surface area contributed by atoms with Gasteiger partial charge in [0.25, 0.3) is 0 Å². The zero-order valence-corrected chi connectivity index (χ0v) is 18.9. The monoisotopic (exact) mass is 479 g/mol. The Morgan fingerprint density at radius 3 is 2.57 bits per heavy atom. The van der Waals surface area contributed by atoms with Crippen molar-refractivity contribution in [2.24, 2.45) is 0 Å². The molecule has 1 heterocycles. The molecule has 180 valence electrons. The molecule has 0 saturated heterocycles. The smallest absolute Gasteiger partial charge is 0.422 e. The summed E-state index contributed by atoms with van der Waals surface area (Å²) in [4.78, 5) is 11.8. The maximum Gasteiger partial charge on any atom is 0.422 e. The molecule has 0 radical (unpaired) electrons. The fourth-order valence-electron chi connectivity index (χ4n) is 4.43. The van der Waals surface area contributed by atoms with Crippen molar-refractivity contribution in [3.05, 3.63) is 101 Å². The molecule has 7 heteroatoms. The van der Waals surface area contributed by atoms with Crippen molar-refractivity contribution in [2.75, 3.05) is 6.61 Å². The first-order chi connectivity index (χ1) is 16.7. The maximum atomic E-state index is 12.4. The number of nitrogens with zero attached hydrogens (tertiary/aromatic N) is 1. The van der Waals surface area contributed by atoms with Crippen molar-refractivity contribution in [1.29, 1.82) is 0 Å². The van der Waals surface area contributed by atoms with Gasteiger partial charge in [-0.1, -0.05) is 30.3 Å². The molecule has 0 atom stereocenters. The number of aromatic nitrogens is 1. The van der Waals surface area contributed by atoms with Crippen LogP contribution in [-0.4, -0.2) is 28.4 Å². The third kappa shape index (κ3) is 5.50. The summed E-state index contributed by atoms with van der Waals surface area (Å²) in [5.74, 6) is -0.230. The van der Waals surface area contributed by atoms with Crippen molar-refractivity contribution in [2.45, 2.75) is 37.9 Å². The van der Waals surface area contributed by atoms with Gasteiger partial charge in [0.2, 0.25) is 0 Å². The van der Waals surface area contributed by atoms with Crippen LogP contribution in [0.2, 0.25) is 0 Å². The van der Waals surface area contributed by atoms with Crippen molar-refractivity contribution in [1.82, 2.24) is 4.57 Å². The SMILES string of the molecule is O=C(O)c1cc(C2CC2)ccc1Cc1ccc2c(ccn2Cc2cccc(OCC(F)(F)F)c2)c1. The van der Waals surface area contributed by atoms with Gasteiger partial charge < -0.3 is 14.4 Å². The highest BCUT2D eigenvalue weighted by atomic mass is 19.4. The summed E-state index contributed by atoms with van der Waals surface area (Å²) in [6.45, 7) is -0.837. The molecule has 0 aliphatic heterocycles. The molecule has 4 aromatic rings. The van der Waals surface area contributed by atoms with E-state index in [1.807, 2.05) is 53.2 Å². The van der Waals surface area contributed by atoms with Crippen LogP contribution in [0.5, 0.6) is 5.75 Å². The van der Waals surface area contributed by atoms with E-state index in [1.165, 1.54) is 6.07 Å². The molecule has 1 aliphatic carbocycles. The quantitative estimate of drug-likeness (QED) is 0.303. The van der Waals surface area contributed by atoms with Crippen molar-refractivity contribution in [3.63, 3.8) is 0 Å². The molecule has 1 aromatic heterocycles. The first kappa shape index (κ1) is 23.0. The Hall–Kier alpha value is -3.74. The predicted molar refractivity (Wildman–Crippen MR) is 127 cm³/mol. The van der Waals surface area contributed by atoms with E-state index in [2.05, 4.69) is 6.07 Å². The summed E-state index contributed by atoms with van der Waals surface area (Å²) in [5, 5.41) is 10.7. The number of aromatic carboxylic acids is 1. The molecule has 35 heavy (non-hydrogen) atoms. The van der Waals surface area contributed by atoms with E-state index in [4.69, 9.17) is 4.74 Å². The number of hydrogen-bond donors (Lipinski definition) is 1. The van der Waals surface area contributed by atoms with E-state index in [-0.39, 0.29) is 5.75 Å². The average molecular weight is 479 g/mol. The van der Waals surface area contributed by atoms with Crippen LogP contribution in [0.4, 0.5) is 13.2 Å². The zero-order chi connectivity index (χ0) is 24.6. The third-order valence-electron chi connectivity index (χ3n) is 6.30. The summed E-state index contributed by atoms with van der Waals surface area (Å²) in [6.07, 6.45) is 0.319. The van der Waals surface area contributed by atoms with Gasteiger partial charge in [0.05, 0.1) is 5.56 Å². The van der Waals surface area contributed by atoms with Crippen molar-refractivity contribution < 1.29 is 27.8 Å². The van der Waals surface area contributed by atoms with Crippen LogP contribution in [0.25, 0.3) is 10.9 Å². The van der Waals surface area contributed by atoms with E-state index in [9.17, 15) is 23.1 Å². The highest BCUT2D eigenvalue weighted by Crippen LogP contribution is 2.40. The molecule has 1 saturated carbocycles. The topological polar surface area (TPSA) is 51.5 Å². The molecule has 1 fully saturated rings. The Labute approximate surface area is 200 Å². The van der Waals surface area contributed by atoms with Gasteiger partial charge in [0.15, 0.2) is 6.61 Å². The second-order valence-corrected chi connectivity index (χ2v) is 9.06. The normalized spacial score (nSPS) is 13.8. The summed E-state index contributed by atoms with van der Waals surface area (Å²) in [7, 11) is 0. The highest BCUT2D eigenvalue weighted by molar-refractivity contribution is 5.90. The maximum absolute atomic E-state index is 12.4. The predicted octanol–water partition coefficient (Wildman–Crippen LogP) is 6.80. The minimum atomic E-state index is -4.38. The number of hydrogen-bond acceptors (Lipinski definition) is 2. The molecule has 0 amide bonds. The Morgan fingerprint density at radius 1 is 1.00 bits per heavy atom. The number of alkyl halides is 3. The van der Waals surface area contributed by atoms with E-state index >= 15 is 0 Å². The van der Waals surface area contributed by atoms with Crippen molar-refractivity contribution in [3.8, 4) is 5.75 Å². The highest BCUT2D eigenvalue weighted by Gasteiger charge is 2.28. The van der Waals surface area contributed by atoms with Gasteiger partial charge in [0.1, 0.15) is 5.75 Å². The van der Waals surface area contributed by atoms with Crippen LogP contribution in [0.1, 0.15) is 51.4 Å². The van der Waals surface area contributed by atoms with Gasteiger partial charge in [-0.05, 0) is 89.2 Å². The molecule has 0 bridgehead atoms. The largest absolute Gasteiger partial charge is 0.484 e. The molecule has 1 N–H and O–H groups in total. The van der Waals surface area contributed by atoms with Gasteiger partial charge in [0, 0.05) is 18.3 Å². The van der Waals surface area contributed by atoms with E-state index in [1.54, 1.807) is 12.1 Å². The standard InChI is InChI=1S/C28H24F3NO3/c29-28(30,31)17-35-24-3-1-2-19(14-24)16-32-11-10-23-13-18(4-9-26(23)32)12-22-8-7-21(20-5-6-20)15-25(22)27(33)34/h1-4,7-11,13-15,20H,5-6,12,16-17H2,(H,33,34). The fourth-order valence-corrected chi connectivity index (χ4v) is 4.43. The third-order valence-corrected chi connectivity index (χ3v) is 6.30. The first-order valence-electron chi connectivity index (χ1n) is 11.5. The summed E-state index contributed by atoms with van der Waals surface area (Å²) in [6, 6.07) is 20.5. The van der Waals surface area contributed by atoms with Gasteiger partial charge in [-0.25, -0.2) is 4.79 Å². The van der Waals surface area contributed by atoms with Crippen LogP contribution >= 0.6 is 0 Å². The number of benzene rings is 3. The van der Waals surface area contributed by atoms with Crippen LogP contribution in [0, 0.1) is 0 Å². The van der Waals surface area contributed by atoms with Crippen LogP contribution in [-0.2, 0) is 13.0 Å². The Kier molecular flexibility index (Phi) is 6.01. The lowest BCUT2D eigenvalue weighted by Crippen LogP contribution is -2.19. The Balaban J connectivity index is 1.33. The van der Waals surface area contributed by atoms with E-state index < -0.39 is 18.8 Å². The van der Waals surface area contributed by atoms with E-state index in [0.717, 1.165) is 46.0 Å². The number of carbonyl (C=O) groups is 1. The van der Waals surface area contributed by atoms with Gasteiger partial charge in [-0.15, -0.1) is 0 Å². The second-order valence-electron chi connectivity index (χ2n) is 9.06. The number of rotatable bonds is 8. The van der Waals surface area contributed by atoms with Gasteiger partial charge >= 0.3 is 12.1 Å². The molecular weight excluding hydrogens is 455 g/mol. The number of carboxylic acids is 1. The summed E-state index contributed by atoms with van der Waals surface area (Å²) >= 11 is 0. The van der Waals surface area contributed by atoms with Crippen molar-refractivity contribution >= 4 is 16.9 Å². The average Bonchev–Trinajstić information content (AvgIpc) is 3.60. The molecule has 0 unspecified atom stereocenters. The fraction of sp³-hybridized carbons (Fsp3) is 0.250. The number of ether oxygens (including phenoxy) is 1. The van der Waals surface area contributed by atoms with Gasteiger partial charge in [-0.2, -0.15) is 13.2 Å². The molecule has 0 spiro atoms. The Bertz CT molecular complexity index is 1390. The lowest BCUT2D eigenvalue weighted by Gasteiger charge is -2.12. The van der Waals surface area contributed by atoms with Gasteiger partial charge in [-0.3, -0.25) is 0 Å².